The van der Waals surface area contributed by atoms with E-state index in [1.807, 2.05) is 6.20 Å². The van der Waals surface area contributed by atoms with Crippen molar-refractivity contribution < 1.29 is 0 Å². The molecule has 1 aromatic heterocycles. The number of pyridine rings is 1. The van der Waals surface area contributed by atoms with Crippen LogP contribution < -0.4 is 0 Å². The average molecular weight is 372 g/mol. The van der Waals surface area contributed by atoms with Gasteiger partial charge in [0.25, 0.3) is 0 Å². The van der Waals surface area contributed by atoms with Gasteiger partial charge >= 0.3 is 0 Å². The lowest BCUT2D eigenvalue weighted by Crippen LogP contribution is -2.45. The van der Waals surface area contributed by atoms with Gasteiger partial charge in [0.2, 0.25) is 0 Å². The van der Waals surface area contributed by atoms with Crippen LogP contribution in [0.15, 0.2) is 42.6 Å². The Morgan fingerprint density at radius 3 is 2.21 bits per heavy atom. The second kappa shape index (κ2) is 5.92. The van der Waals surface area contributed by atoms with Crippen molar-refractivity contribution in [2.45, 2.75) is 72.6 Å². The molecule has 1 aliphatic carbocycles. The highest BCUT2D eigenvalue weighted by molar-refractivity contribution is 5.94. The summed E-state index contributed by atoms with van der Waals surface area (Å²) in [6.07, 6.45) is 3.09. The molecule has 1 aliphatic rings. The van der Waals surface area contributed by atoms with E-state index >= 15 is 0 Å². The van der Waals surface area contributed by atoms with E-state index in [0.717, 1.165) is 6.42 Å². The molecule has 1 nitrogen and oxygen atoms in total. The summed E-state index contributed by atoms with van der Waals surface area (Å²) in [5.41, 5.74) is 8.53. The Kier molecular flexibility index (Phi) is 4.06. The minimum absolute atomic E-state index is 0.00259. The second-order valence-corrected chi connectivity index (χ2v) is 10.8. The molecule has 0 radical (unpaired) electrons. The fourth-order valence-electron chi connectivity index (χ4n) is 5.27. The number of hydrogen-bond acceptors (Lipinski definition) is 1. The summed E-state index contributed by atoms with van der Waals surface area (Å²) in [6.45, 7) is 18.9. The quantitative estimate of drug-likeness (QED) is 0.435. The lowest BCUT2D eigenvalue weighted by atomic mass is 9.54. The lowest BCUT2D eigenvalue weighted by molar-refractivity contribution is 0.292. The van der Waals surface area contributed by atoms with Gasteiger partial charge in [0.15, 0.2) is 0 Å². The van der Waals surface area contributed by atoms with Crippen LogP contribution in [-0.4, -0.2) is 4.98 Å². The zero-order valence-electron chi connectivity index (χ0n) is 18.7. The van der Waals surface area contributed by atoms with Gasteiger partial charge in [-0.15, -0.1) is 0 Å². The summed E-state index contributed by atoms with van der Waals surface area (Å²) in [6, 6.07) is 13.4. The van der Waals surface area contributed by atoms with Gasteiger partial charge < -0.3 is 0 Å². The molecule has 4 rings (SSSR count). The first-order chi connectivity index (χ1) is 12.9. The summed E-state index contributed by atoms with van der Waals surface area (Å²) >= 11 is 0. The first-order valence-electron chi connectivity index (χ1n) is 10.5. The van der Waals surface area contributed by atoms with Crippen LogP contribution in [0.4, 0.5) is 0 Å². The van der Waals surface area contributed by atoms with Gasteiger partial charge in [0.1, 0.15) is 0 Å². The van der Waals surface area contributed by atoms with Crippen LogP contribution in [0.2, 0.25) is 0 Å². The predicted molar refractivity (Wildman–Crippen MR) is 121 cm³/mol. The summed E-state index contributed by atoms with van der Waals surface area (Å²) in [5.74, 6) is 0. The Morgan fingerprint density at radius 2 is 1.54 bits per heavy atom. The van der Waals surface area contributed by atoms with E-state index in [1.165, 1.54) is 44.3 Å². The minimum Gasteiger partial charge on any atom is -0.256 e. The van der Waals surface area contributed by atoms with E-state index in [4.69, 9.17) is 4.98 Å². The first-order valence-corrected chi connectivity index (χ1v) is 10.5. The van der Waals surface area contributed by atoms with E-state index in [0.29, 0.717) is 0 Å². The molecule has 0 unspecified atom stereocenters. The van der Waals surface area contributed by atoms with E-state index < -0.39 is 0 Å². The second-order valence-electron chi connectivity index (χ2n) is 10.8. The van der Waals surface area contributed by atoms with Crippen LogP contribution in [-0.2, 0) is 17.3 Å². The fraction of sp³-hybridized carbons (Fsp3) is 0.444. The molecular weight excluding hydrogens is 338 g/mol. The highest BCUT2D eigenvalue weighted by Gasteiger charge is 2.48. The van der Waals surface area contributed by atoms with Crippen molar-refractivity contribution in [3.05, 3.63) is 64.8 Å². The fourth-order valence-corrected chi connectivity index (χ4v) is 5.27. The predicted octanol–water partition coefficient (Wildman–Crippen LogP) is 7.37. The van der Waals surface area contributed by atoms with E-state index in [1.54, 1.807) is 0 Å². The minimum atomic E-state index is -0.00259. The van der Waals surface area contributed by atoms with Gasteiger partial charge in [0, 0.05) is 17.2 Å². The number of fused-ring (bicyclic) bond motifs is 4. The van der Waals surface area contributed by atoms with Gasteiger partial charge in [-0.3, -0.25) is 4.98 Å². The van der Waals surface area contributed by atoms with Crippen molar-refractivity contribution >= 4 is 10.8 Å². The summed E-state index contributed by atoms with van der Waals surface area (Å²) in [4.78, 5) is 4.96. The molecule has 0 N–H and O–H groups in total. The molecule has 28 heavy (non-hydrogen) atoms. The Morgan fingerprint density at radius 1 is 0.893 bits per heavy atom. The van der Waals surface area contributed by atoms with Crippen LogP contribution in [0.1, 0.15) is 70.7 Å². The molecule has 0 fully saturated rings. The zero-order valence-corrected chi connectivity index (χ0v) is 18.7. The molecule has 0 spiro atoms. The third kappa shape index (κ3) is 2.63. The van der Waals surface area contributed by atoms with Crippen LogP contribution in [0.5, 0.6) is 0 Å². The van der Waals surface area contributed by atoms with Crippen LogP contribution in [0.25, 0.3) is 22.0 Å². The number of hydrogen-bond donors (Lipinski definition) is 0. The Bertz CT molecular complexity index is 1080. The van der Waals surface area contributed by atoms with Crippen molar-refractivity contribution in [3.63, 3.8) is 0 Å². The molecule has 0 bridgehead atoms. The topological polar surface area (TPSA) is 12.9 Å². The van der Waals surface area contributed by atoms with Crippen molar-refractivity contribution in [2.24, 2.45) is 5.41 Å². The molecule has 2 aromatic carbocycles. The number of rotatable bonds is 1. The number of aromatic nitrogens is 1. The van der Waals surface area contributed by atoms with E-state index in [2.05, 4.69) is 91.8 Å². The van der Waals surface area contributed by atoms with Crippen molar-refractivity contribution in [1.29, 1.82) is 0 Å². The SMILES string of the molecule is Cc1c2c(cc3ccccc13)-c1nccc(CC(C)(C)C)c1C(C)(C)C2(C)C. The molecule has 1 heteroatoms. The average Bonchev–Trinajstić information content (AvgIpc) is 2.58. The van der Waals surface area contributed by atoms with Gasteiger partial charge in [-0.2, -0.15) is 0 Å². The highest BCUT2D eigenvalue weighted by Crippen LogP contribution is 2.56. The van der Waals surface area contributed by atoms with Gasteiger partial charge in [-0.25, -0.2) is 0 Å². The van der Waals surface area contributed by atoms with Crippen LogP contribution in [0.3, 0.4) is 0 Å². The molecular formula is C27H33N. The molecule has 1 heterocycles. The maximum absolute atomic E-state index is 4.96. The monoisotopic (exact) mass is 371 g/mol. The van der Waals surface area contributed by atoms with E-state index in [-0.39, 0.29) is 16.2 Å². The maximum Gasteiger partial charge on any atom is 0.0745 e. The summed E-state index contributed by atoms with van der Waals surface area (Å²) in [5, 5.41) is 2.67. The maximum atomic E-state index is 4.96. The summed E-state index contributed by atoms with van der Waals surface area (Å²) in [7, 11) is 0. The highest BCUT2D eigenvalue weighted by atomic mass is 14.7. The summed E-state index contributed by atoms with van der Waals surface area (Å²) < 4.78 is 0. The van der Waals surface area contributed by atoms with Crippen molar-refractivity contribution in [2.75, 3.05) is 0 Å². The van der Waals surface area contributed by atoms with Crippen molar-refractivity contribution in [1.82, 2.24) is 4.98 Å². The normalized spacial score (nSPS) is 17.3. The lowest BCUT2D eigenvalue weighted by Gasteiger charge is -2.49. The van der Waals surface area contributed by atoms with E-state index in [9.17, 15) is 0 Å². The third-order valence-electron chi connectivity index (χ3n) is 7.13. The third-order valence-corrected chi connectivity index (χ3v) is 7.13. The van der Waals surface area contributed by atoms with Gasteiger partial charge in [-0.1, -0.05) is 72.7 Å². The number of nitrogens with zero attached hydrogens (tertiary/aromatic N) is 1. The molecule has 0 saturated heterocycles. The molecule has 3 aromatic rings. The van der Waals surface area contributed by atoms with Gasteiger partial charge in [0.05, 0.1) is 5.69 Å². The van der Waals surface area contributed by atoms with Gasteiger partial charge in [-0.05, 0) is 69.3 Å². The Labute approximate surface area is 170 Å². The number of benzene rings is 2. The standard InChI is InChI=1S/C27H33N/c1-17-20-12-10-9-11-18(20)15-21-22(17)26(5,6)27(7,8)23-19(16-25(2,3)4)13-14-28-24(21)23/h9-15H,16H2,1-8H3. The Balaban J connectivity index is 2.14. The zero-order chi connectivity index (χ0) is 20.5. The molecule has 146 valence electrons. The molecule has 0 atom stereocenters. The van der Waals surface area contributed by atoms with Crippen LogP contribution in [0, 0.1) is 12.3 Å². The van der Waals surface area contributed by atoms with Crippen molar-refractivity contribution in [3.8, 4) is 11.3 Å². The smallest absolute Gasteiger partial charge is 0.0745 e. The molecule has 0 aliphatic heterocycles. The first kappa shape index (κ1) is 19.2. The number of aryl methyl sites for hydroxylation is 1. The Hall–Kier alpha value is -2.15. The largest absolute Gasteiger partial charge is 0.256 e. The van der Waals surface area contributed by atoms with Crippen LogP contribution >= 0.6 is 0 Å². The molecule has 0 saturated carbocycles. The molecule has 0 amide bonds.